The SMILES string of the molecule is CCN[C@H](C)CNS(=O)(=O)CCc1ccccc1. The van der Waals surface area contributed by atoms with E-state index in [1.807, 2.05) is 44.2 Å². The first-order chi connectivity index (χ1) is 8.53. The van der Waals surface area contributed by atoms with Crippen molar-refractivity contribution < 1.29 is 8.42 Å². The molecule has 1 aromatic rings. The second-order valence-electron chi connectivity index (χ2n) is 4.36. The highest BCUT2D eigenvalue weighted by atomic mass is 32.2. The molecule has 0 fully saturated rings. The second-order valence-corrected chi connectivity index (χ2v) is 6.29. The number of hydrogen-bond acceptors (Lipinski definition) is 3. The van der Waals surface area contributed by atoms with Gasteiger partial charge in [0.15, 0.2) is 0 Å². The second kappa shape index (κ2) is 7.51. The van der Waals surface area contributed by atoms with Crippen molar-refractivity contribution in [3.05, 3.63) is 35.9 Å². The number of likely N-dealkylation sites (N-methyl/N-ethyl adjacent to an activating group) is 1. The van der Waals surface area contributed by atoms with Crippen LogP contribution in [0.1, 0.15) is 19.4 Å². The molecule has 0 saturated carbocycles. The molecule has 0 aromatic heterocycles. The molecule has 0 spiro atoms. The normalized spacial score (nSPS) is 13.4. The van der Waals surface area contributed by atoms with Crippen LogP contribution in [0.4, 0.5) is 0 Å². The van der Waals surface area contributed by atoms with Gasteiger partial charge in [-0.25, -0.2) is 13.1 Å². The summed E-state index contributed by atoms with van der Waals surface area (Å²) in [4.78, 5) is 0. The van der Waals surface area contributed by atoms with Crippen molar-refractivity contribution in [2.24, 2.45) is 0 Å². The maximum Gasteiger partial charge on any atom is 0.211 e. The molecule has 0 bridgehead atoms. The first-order valence-electron chi connectivity index (χ1n) is 6.28. The lowest BCUT2D eigenvalue weighted by Gasteiger charge is -2.13. The molecule has 1 atom stereocenters. The summed E-state index contributed by atoms with van der Waals surface area (Å²) in [5.74, 6) is 0.135. The molecule has 0 heterocycles. The molecule has 0 radical (unpaired) electrons. The fourth-order valence-electron chi connectivity index (χ4n) is 1.64. The maximum absolute atomic E-state index is 11.8. The molecule has 0 unspecified atom stereocenters. The van der Waals surface area contributed by atoms with Gasteiger partial charge in [0.25, 0.3) is 0 Å². The van der Waals surface area contributed by atoms with Crippen LogP contribution in [0.3, 0.4) is 0 Å². The molecule has 0 aliphatic carbocycles. The number of aryl methyl sites for hydroxylation is 1. The molecule has 0 amide bonds. The van der Waals surface area contributed by atoms with Gasteiger partial charge in [0.05, 0.1) is 5.75 Å². The lowest BCUT2D eigenvalue weighted by Crippen LogP contribution is -2.39. The summed E-state index contributed by atoms with van der Waals surface area (Å²) in [6.07, 6.45) is 0.547. The van der Waals surface area contributed by atoms with E-state index in [9.17, 15) is 8.42 Å². The van der Waals surface area contributed by atoms with Crippen molar-refractivity contribution in [1.29, 1.82) is 0 Å². The van der Waals surface area contributed by atoms with Crippen molar-refractivity contribution in [2.75, 3.05) is 18.8 Å². The summed E-state index contributed by atoms with van der Waals surface area (Å²) in [7, 11) is -3.18. The summed E-state index contributed by atoms with van der Waals surface area (Å²) in [5.41, 5.74) is 1.04. The third-order valence-corrected chi connectivity index (χ3v) is 4.01. The number of rotatable bonds is 8. The van der Waals surface area contributed by atoms with Crippen molar-refractivity contribution in [1.82, 2.24) is 10.0 Å². The number of benzene rings is 1. The van der Waals surface area contributed by atoms with E-state index in [1.54, 1.807) is 0 Å². The minimum atomic E-state index is -3.18. The minimum Gasteiger partial charge on any atom is -0.313 e. The standard InChI is InChI=1S/C13H22N2O2S/c1-3-14-12(2)11-15-18(16,17)10-9-13-7-5-4-6-8-13/h4-8,12,14-15H,3,9-11H2,1-2H3/t12-/m1/s1. The largest absolute Gasteiger partial charge is 0.313 e. The Morgan fingerprint density at radius 2 is 1.89 bits per heavy atom. The van der Waals surface area contributed by atoms with Crippen LogP contribution in [0.15, 0.2) is 30.3 Å². The highest BCUT2D eigenvalue weighted by molar-refractivity contribution is 7.89. The molecular weight excluding hydrogens is 248 g/mol. The number of sulfonamides is 1. The van der Waals surface area contributed by atoms with Gasteiger partial charge in [-0.2, -0.15) is 0 Å². The van der Waals surface area contributed by atoms with Gasteiger partial charge in [0.1, 0.15) is 0 Å². The molecule has 102 valence electrons. The zero-order valence-corrected chi connectivity index (χ0v) is 11.8. The maximum atomic E-state index is 11.8. The third kappa shape index (κ3) is 6.14. The topological polar surface area (TPSA) is 58.2 Å². The summed E-state index contributed by atoms with van der Waals surface area (Å²) >= 11 is 0. The fraction of sp³-hybridized carbons (Fsp3) is 0.538. The summed E-state index contributed by atoms with van der Waals surface area (Å²) in [5, 5.41) is 3.16. The smallest absolute Gasteiger partial charge is 0.211 e. The van der Waals surface area contributed by atoms with Gasteiger partial charge in [-0.15, -0.1) is 0 Å². The summed E-state index contributed by atoms with van der Waals surface area (Å²) in [6.45, 7) is 5.24. The van der Waals surface area contributed by atoms with Gasteiger partial charge < -0.3 is 5.32 Å². The molecule has 0 saturated heterocycles. The molecule has 18 heavy (non-hydrogen) atoms. The molecule has 0 aliphatic rings. The van der Waals surface area contributed by atoms with Crippen LogP contribution < -0.4 is 10.0 Å². The molecule has 1 aromatic carbocycles. The van der Waals surface area contributed by atoms with Crippen molar-refractivity contribution in [3.63, 3.8) is 0 Å². The van der Waals surface area contributed by atoms with E-state index in [1.165, 1.54) is 0 Å². The average molecular weight is 270 g/mol. The van der Waals surface area contributed by atoms with Crippen LogP contribution in [-0.2, 0) is 16.4 Å². The van der Waals surface area contributed by atoms with Gasteiger partial charge >= 0.3 is 0 Å². The Hall–Kier alpha value is -0.910. The fourth-order valence-corrected chi connectivity index (χ4v) is 2.79. The molecule has 1 rings (SSSR count). The van der Waals surface area contributed by atoms with Crippen LogP contribution in [0.5, 0.6) is 0 Å². The minimum absolute atomic E-state index is 0.135. The van der Waals surface area contributed by atoms with Gasteiger partial charge in [-0.1, -0.05) is 37.3 Å². The van der Waals surface area contributed by atoms with Crippen LogP contribution >= 0.6 is 0 Å². The van der Waals surface area contributed by atoms with E-state index in [2.05, 4.69) is 10.0 Å². The van der Waals surface area contributed by atoms with Crippen molar-refractivity contribution in [3.8, 4) is 0 Å². The molecule has 5 heteroatoms. The van der Waals surface area contributed by atoms with Crippen LogP contribution in [0.2, 0.25) is 0 Å². The Labute approximate surface area is 110 Å². The quantitative estimate of drug-likeness (QED) is 0.745. The third-order valence-electron chi connectivity index (χ3n) is 2.66. The lowest BCUT2D eigenvalue weighted by molar-refractivity contribution is 0.536. The summed E-state index contributed by atoms with van der Waals surface area (Å²) in [6, 6.07) is 9.80. The predicted octanol–water partition coefficient (Wildman–Crippen LogP) is 1.15. The van der Waals surface area contributed by atoms with Gasteiger partial charge in [-0.05, 0) is 25.5 Å². The van der Waals surface area contributed by atoms with E-state index < -0.39 is 10.0 Å². The van der Waals surface area contributed by atoms with Crippen molar-refractivity contribution in [2.45, 2.75) is 26.3 Å². The van der Waals surface area contributed by atoms with Crippen LogP contribution in [0, 0.1) is 0 Å². The van der Waals surface area contributed by atoms with Crippen molar-refractivity contribution >= 4 is 10.0 Å². The average Bonchev–Trinajstić information content (AvgIpc) is 2.36. The first kappa shape index (κ1) is 15.1. The van der Waals surface area contributed by atoms with Gasteiger partial charge in [0, 0.05) is 12.6 Å². The monoisotopic (exact) mass is 270 g/mol. The Morgan fingerprint density at radius 3 is 2.50 bits per heavy atom. The number of nitrogens with one attached hydrogen (secondary N) is 2. The number of hydrogen-bond donors (Lipinski definition) is 2. The van der Waals surface area contributed by atoms with E-state index >= 15 is 0 Å². The molecule has 0 aliphatic heterocycles. The van der Waals surface area contributed by atoms with Gasteiger partial charge in [-0.3, -0.25) is 0 Å². The zero-order valence-electron chi connectivity index (χ0n) is 11.0. The highest BCUT2D eigenvalue weighted by Crippen LogP contribution is 2.01. The lowest BCUT2D eigenvalue weighted by atomic mass is 10.2. The molecular formula is C13H22N2O2S. The molecule has 4 nitrogen and oxygen atoms in total. The first-order valence-corrected chi connectivity index (χ1v) is 7.93. The van der Waals surface area contributed by atoms with E-state index in [0.717, 1.165) is 12.1 Å². The van der Waals surface area contributed by atoms with Crippen LogP contribution in [-0.4, -0.2) is 33.3 Å². The zero-order chi connectivity index (χ0) is 13.4. The van der Waals surface area contributed by atoms with E-state index in [-0.39, 0.29) is 11.8 Å². The van der Waals surface area contributed by atoms with Crippen LogP contribution in [0.25, 0.3) is 0 Å². The Kier molecular flexibility index (Phi) is 6.32. The molecule has 2 N–H and O–H groups in total. The van der Waals surface area contributed by atoms with Gasteiger partial charge in [0.2, 0.25) is 10.0 Å². The van der Waals surface area contributed by atoms with E-state index in [4.69, 9.17) is 0 Å². The Morgan fingerprint density at radius 1 is 1.22 bits per heavy atom. The predicted molar refractivity (Wildman–Crippen MR) is 75.1 cm³/mol. The Balaban J connectivity index is 2.36. The highest BCUT2D eigenvalue weighted by Gasteiger charge is 2.11. The summed E-state index contributed by atoms with van der Waals surface area (Å²) < 4.78 is 26.2. The Bertz CT molecular complexity index is 432. The van der Waals surface area contributed by atoms with E-state index in [0.29, 0.717) is 13.0 Å².